The lowest BCUT2D eigenvalue weighted by molar-refractivity contribution is -0.137. The molecule has 0 saturated carbocycles. The third kappa shape index (κ3) is 6.96. The molecule has 0 aliphatic heterocycles. The van der Waals surface area contributed by atoms with E-state index in [2.05, 4.69) is 30.7 Å². The van der Waals surface area contributed by atoms with Crippen LogP contribution >= 0.6 is 24.0 Å². The van der Waals surface area contributed by atoms with Gasteiger partial charge in [0.25, 0.3) is 0 Å². The molecule has 0 radical (unpaired) electrons. The minimum atomic E-state index is -4.58. The second-order valence-corrected chi connectivity index (χ2v) is 7.69. The molecule has 0 atom stereocenters. The van der Waals surface area contributed by atoms with E-state index >= 15 is 0 Å². The van der Waals surface area contributed by atoms with Crippen LogP contribution in [-0.2, 0) is 10.9 Å². The maximum atomic E-state index is 12.9. The minimum absolute atomic E-state index is 0. The predicted octanol–water partition coefficient (Wildman–Crippen LogP) is 7.27. The summed E-state index contributed by atoms with van der Waals surface area (Å²) in [6, 6.07) is 13.2. The van der Waals surface area contributed by atoms with E-state index in [1.807, 2.05) is 0 Å². The van der Waals surface area contributed by atoms with E-state index in [1.165, 1.54) is 13.2 Å². The number of hydrogen-bond donors (Lipinski definition) is 4. The van der Waals surface area contributed by atoms with Gasteiger partial charge in [-0.25, -0.2) is 14.6 Å². The number of carbonyl (C=O) groups is 2. The molecule has 4 rings (SSSR count). The number of anilines is 3. The number of imidazole rings is 1. The zero-order chi connectivity index (χ0) is 25.9. The van der Waals surface area contributed by atoms with Gasteiger partial charge in [-0.05, 0) is 42.5 Å². The molecule has 4 aromatic rings. The molecule has 0 bridgehead atoms. The van der Waals surface area contributed by atoms with Crippen molar-refractivity contribution in [3.05, 3.63) is 71.2 Å². The molecule has 0 aliphatic rings. The zero-order valence-electron chi connectivity index (χ0n) is 18.8. The number of nitrogens with zero attached hydrogens (tertiary/aromatic N) is 1. The van der Waals surface area contributed by atoms with Crippen LogP contribution in [0.2, 0.25) is 5.02 Å². The third-order valence-electron chi connectivity index (χ3n) is 4.73. The largest absolute Gasteiger partial charge is 0.457 e. The highest BCUT2D eigenvalue weighted by atomic mass is 35.5. The Bertz CT molecular complexity index is 1450. The fraction of sp³-hybridized carbons (Fsp3) is 0.0870. The maximum Gasteiger partial charge on any atom is 0.416 e. The van der Waals surface area contributed by atoms with E-state index in [0.717, 1.165) is 18.2 Å². The maximum absolute atomic E-state index is 12.9. The van der Waals surface area contributed by atoms with Crippen LogP contribution in [0.4, 0.5) is 40.1 Å². The molecule has 1 aromatic heterocycles. The van der Waals surface area contributed by atoms with Gasteiger partial charge >= 0.3 is 18.3 Å². The van der Waals surface area contributed by atoms with Gasteiger partial charge in [0, 0.05) is 17.8 Å². The Morgan fingerprint density at radius 1 is 0.973 bits per heavy atom. The van der Waals surface area contributed by atoms with Crippen LogP contribution < -0.4 is 20.7 Å². The van der Waals surface area contributed by atoms with Gasteiger partial charge in [0.2, 0.25) is 5.95 Å². The zero-order valence-corrected chi connectivity index (χ0v) is 20.3. The lowest BCUT2D eigenvalue weighted by Gasteiger charge is -2.13. The molecule has 0 saturated heterocycles. The average molecular weight is 556 g/mol. The molecule has 4 N–H and O–H groups in total. The van der Waals surface area contributed by atoms with Crippen LogP contribution in [0, 0.1) is 0 Å². The molecule has 0 spiro atoms. The summed E-state index contributed by atoms with van der Waals surface area (Å²) >= 11 is 5.92. The Kier molecular flexibility index (Phi) is 8.35. The van der Waals surface area contributed by atoms with Gasteiger partial charge in [0.15, 0.2) is 0 Å². The third-order valence-corrected chi connectivity index (χ3v) is 5.06. The molecule has 9 nitrogen and oxygen atoms in total. The van der Waals surface area contributed by atoms with Gasteiger partial charge in [0.05, 0.1) is 34.4 Å². The molecule has 0 aliphatic carbocycles. The summed E-state index contributed by atoms with van der Waals surface area (Å²) < 4.78 is 49.2. The first-order valence-electron chi connectivity index (χ1n) is 10.2. The fourth-order valence-electron chi connectivity index (χ4n) is 3.11. The first kappa shape index (κ1) is 27.4. The van der Waals surface area contributed by atoms with Gasteiger partial charge < -0.3 is 25.1 Å². The highest BCUT2D eigenvalue weighted by Crippen LogP contribution is 2.34. The van der Waals surface area contributed by atoms with Gasteiger partial charge in [-0.2, -0.15) is 13.2 Å². The van der Waals surface area contributed by atoms with Crippen molar-refractivity contribution >= 4 is 64.5 Å². The van der Waals surface area contributed by atoms with Crippen molar-refractivity contribution in [3.8, 4) is 11.5 Å². The fourth-order valence-corrected chi connectivity index (χ4v) is 3.28. The number of urea groups is 1. The van der Waals surface area contributed by atoms with Crippen molar-refractivity contribution in [1.29, 1.82) is 0 Å². The molecular formula is C23H18Cl2F3N5O4. The van der Waals surface area contributed by atoms with Crippen LogP contribution in [-0.4, -0.2) is 29.2 Å². The molecular weight excluding hydrogens is 538 g/mol. The predicted molar refractivity (Wildman–Crippen MR) is 135 cm³/mol. The number of alkyl halides is 3. The van der Waals surface area contributed by atoms with E-state index in [-0.39, 0.29) is 29.1 Å². The monoisotopic (exact) mass is 555 g/mol. The lowest BCUT2D eigenvalue weighted by atomic mass is 10.2. The number of hydrogen-bond acceptors (Lipinski definition) is 5. The van der Waals surface area contributed by atoms with Gasteiger partial charge in [-0.15, -0.1) is 12.4 Å². The summed E-state index contributed by atoms with van der Waals surface area (Å²) in [5, 5.41) is 7.21. The van der Waals surface area contributed by atoms with Crippen molar-refractivity contribution < 1.29 is 32.2 Å². The molecule has 1 heterocycles. The smallest absolute Gasteiger partial charge is 0.416 e. The number of benzene rings is 3. The van der Waals surface area contributed by atoms with Crippen LogP contribution in [0.3, 0.4) is 0 Å². The van der Waals surface area contributed by atoms with E-state index in [4.69, 9.17) is 16.3 Å². The first-order valence-corrected chi connectivity index (χ1v) is 10.6. The van der Waals surface area contributed by atoms with Gasteiger partial charge in [0.1, 0.15) is 11.5 Å². The Morgan fingerprint density at radius 2 is 1.73 bits per heavy atom. The summed E-state index contributed by atoms with van der Waals surface area (Å²) in [5.41, 5.74) is 0.352. The molecule has 14 heteroatoms. The summed E-state index contributed by atoms with van der Waals surface area (Å²) in [6.45, 7) is 0. The summed E-state index contributed by atoms with van der Waals surface area (Å²) in [5.74, 6) is 1.01. The standard InChI is InChI=1S/C23H17ClF3N5O4.ClH/c1-35-22(34)32-20-29-17-8-6-15(11-19(17)30-20)36-14-4-2-3-13(10-14)28-21(33)31-18-9-12(23(25,26)27)5-7-16(18)24;/h2-11H,1H3,(H2,28,31,33)(H2,29,30,32,34);1H. The molecule has 37 heavy (non-hydrogen) atoms. The molecule has 3 amide bonds. The number of methoxy groups -OCH3 is 1. The van der Waals surface area contributed by atoms with Crippen LogP contribution in [0.25, 0.3) is 11.0 Å². The van der Waals surface area contributed by atoms with Crippen molar-refractivity contribution in [1.82, 2.24) is 9.97 Å². The number of rotatable bonds is 5. The average Bonchev–Trinajstić information content (AvgIpc) is 3.21. The van der Waals surface area contributed by atoms with Gasteiger partial charge in [-0.3, -0.25) is 5.32 Å². The number of H-pyrrole nitrogens is 1. The van der Waals surface area contributed by atoms with Crippen molar-refractivity contribution in [2.45, 2.75) is 6.18 Å². The quantitative estimate of drug-likeness (QED) is 0.206. The lowest BCUT2D eigenvalue weighted by Crippen LogP contribution is -2.20. The summed E-state index contributed by atoms with van der Waals surface area (Å²) in [7, 11) is 1.23. The van der Waals surface area contributed by atoms with E-state index < -0.39 is 23.9 Å². The number of fused-ring (bicyclic) bond motifs is 1. The van der Waals surface area contributed by atoms with Gasteiger partial charge in [-0.1, -0.05) is 17.7 Å². The first-order chi connectivity index (χ1) is 17.1. The number of aromatic nitrogens is 2. The SMILES string of the molecule is COC(=O)Nc1nc2ccc(Oc3cccc(NC(=O)Nc4cc(C(F)(F)F)ccc4Cl)c3)cc2[nH]1.Cl. The summed E-state index contributed by atoms with van der Waals surface area (Å²) in [6.07, 6.45) is -5.25. The highest BCUT2D eigenvalue weighted by Gasteiger charge is 2.31. The Hall–Kier alpha value is -4.16. The van der Waals surface area contributed by atoms with Crippen molar-refractivity contribution in [2.75, 3.05) is 23.1 Å². The van der Waals surface area contributed by atoms with Crippen molar-refractivity contribution in [3.63, 3.8) is 0 Å². The second-order valence-electron chi connectivity index (χ2n) is 7.28. The number of amides is 3. The second kappa shape index (κ2) is 11.3. The van der Waals surface area contributed by atoms with Crippen LogP contribution in [0.15, 0.2) is 60.7 Å². The number of halogens is 5. The number of aromatic amines is 1. The van der Waals surface area contributed by atoms with Crippen LogP contribution in [0.5, 0.6) is 11.5 Å². The minimum Gasteiger partial charge on any atom is -0.457 e. The number of ether oxygens (including phenoxy) is 2. The van der Waals surface area contributed by atoms with E-state index in [9.17, 15) is 22.8 Å². The molecule has 3 aromatic carbocycles. The molecule has 0 fully saturated rings. The van der Waals surface area contributed by atoms with Crippen LogP contribution in [0.1, 0.15) is 5.56 Å². The number of carbonyl (C=O) groups excluding carboxylic acids is 2. The Balaban J connectivity index is 0.00000380. The molecule has 0 unspecified atom stereocenters. The Labute approximate surface area is 218 Å². The highest BCUT2D eigenvalue weighted by molar-refractivity contribution is 6.33. The number of nitrogens with one attached hydrogen (secondary N) is 4. The normalized spacial score (nSPS) is 10.8. The van der Waals surface area contributed by atoms with E-state index in [0.29, 0.717) is 28.2 Å². The summed E-state index contributed by atoms with van der Waals surface area (Å²) in [4.78, 5) is 30.8. The molecule has 194 valence electrons. The Morgan fingerprint density at radius 3 is 2.46 bits per heavy atom. The van der Waals surface area contributed by atoms with E-state index in [1.54, 1.807) is 36.4 Å². The topological polar surface area (TPSA) is 117 Å². The van der Waals surface area contributed by atoms with Crippen molar-refractivity contribution in [2.24, 2.45) is 0 Å².